The van der Waals surface area contributed by atoms with Crippen LogP contribution in [0.25, 0.3) is 10.6 Å². The van der Waals surface area contributed by atoms with E-state index in [1.807, 2.05) is 14.0 Å². The zero-order valence-corrected chi connectivity index (χ0v) is 23.6. The van der Waals surface area contributed by atoms with Crippen molar-refractivity contribution in [1.82, 2.24) is 15.2 Å². The number of hydrogen-bond acceptors (Lipinski definition) is 5. The fraction of sp³-hybridized carbons (Fsp3) is 0.655. The maximum absolute atomic E-state index is 10.9. The average Bonchev–Trinajstić information content (AvgIpc) is 3.01. The van der Waals surface area contributed by atoms with Crippen LogP contribution < -0.4 is 5.32 Å². The molecule has 34 heavy (non-hydrogen) atoms. The fourth-order valence-corrected chi connectivity index (χ4v) is 4.96. The summed E-state index contributed by atoms with van der Waals surface area (Å²) in [6.45, 7) is 16.8. The molecular weight excluding hydrogens is 438 g/mol. The molecule has 1 aliphatic heterocycles. The van der Waals surface area contributed by atoms with Gasteiger partial charge < -0.3 is 10.2 Å². The molecule has 3 rings (SSSR count). The van der Waals surface area contributed by atoms with Crippen molar-refractivity contribution < 1.29 is 4.79 Å². The van der Waals surface area contributed by atoms with Gasteiger partial charge in [0.1, 0.15) is 5.01 Å². The number of aryl methyl sites for hydroxylation is 1. The zero-order chi connectivity index (χ0) is 25.3. The molecular formula is C29H49N3OS. The minimum Gasteiger partial charge on any atom is -0.320 e. The lowest BCUT2D eigenvalue weighted by Gasteiger charge is -2.27. The predicted molar refractivity (Wildman–Crippen MR) is 150 cm³/mol. The summed E-state index contributed by atoms with van der Waals surface area (Å²) in [5, 5.41) is 3.86. The molecule has 1 saturated heterocycles. The molecule has 1 aliphatic rings. The van der Waals surface area contributed by atoms with Crippen LogP contribution in [-0.2, 0) is 6.42 Å². The first kappa shape index (κ1) is 30.5. The molecule has 5 heteroatoms. The van der Waals surface area contributed by atoms with Crippen molar-refractivity contribution in [1.29, 1.82) is 0 Å². The van der Waals surface area contributed by atoms with Crippen molar-refractivity contribution in [3.05, 3.63) is 40.4 Å². The maximum atomic E-state index is 10.9. The number of nitrogens with one attached hydrogen (secondary N) is 1. The van der Waals surface area contributed by atoms with Crippen molar-refractivity contribution in [2.24, 2.45) is 5.92 Å². The Kier molecular flexibility index (Phi) is 16.0. The van der Waals surface area contributed by atoms with E-state index in [0.29, 0.717) is 5.92 Å². The molecule has 0 aliphatic carbocycles. The highest BCUT2D eigenvalue weighted by molar-refractivity contribution is 7.16. The second-order valence-corrected chi connectivity index (χ2v) is 10.7. The predicted octanol–water partition coefficient (Wildman–Crippen LogP) is 7.41. The number of likely N-dealkylation sites (tertiary alicyclic amines) is 1. The van der Waals surface area contributed by atoms with Crippen molar-refractivity contribution >= 4 is 17.6 Å². The van der Waals surface area contributed by atoms with Gasteiger partial charge in [0.25, 0.3) is 0 Å². The van der Waals surface area contributed by atoms with E-state index in [0.717, 1.165) is 46.4 Å². The molecule has 0 amide bonds. The first-order chi connectivity index (χ1) is 16.4. The van der Waals surface area contributed by atoms with Gasteiger partial charge in [-0.15, -0.1) is 11.3 Å². The summed E-state index contributed by atoms with van der Waals surface area (Å²) in [6.07, 6.45) is 10.4. The van der Waals surface area contributed by atoms with E-state index in [1.165, 1.54) is 68.5 Å². The zero-order valence-electron chi connectivity index (χ0n) is 22.8. The van der Waals surface area contributed by atoms with Crippen molar-refractivity contribution in [2.45, 2.75) is 92.5 Å². The molecule has 1 aromatic carbocycles. The highest BCUT2D eigenvalue weighted by Crippen LogP contribution is 2.28. The molecule has 1 aromatic heterocycles. The van der Waals surface area contributed by atoms with E-state index in [1.54, 1.807) is 0 Å². The molecule has 0 bridgehead atoms. The normalized spacial score (nSPS) is 14.9. The van der Waals surface area contributed by atoms with Crippen LogP contribution in [0.15, 0.2) is 24.3 Å². The number of aromatic nitrogens is 1. The van der Waals surface area contributed by atoms with E-state index >= 15 is 0 Å². The second kappa shape index (κ2) is 17.8. The molecule has 0 radical (unpaired) electrons. The summed E-state index contributed by atoms with van der Waals surface area (Å²) in [4.78, 5) is 18.7. The van der Waals surface area contributed by atoms with Gasteiger partial charge in [0.15, 0.2) is 6.29 Å². The summed E-state index contributed by atoms with van der Waals surface area (Å²) in [7, 11) is 1.93. The van der Waals surface area contributed by atoms with Gasteiger partial charge in [0.05, 0.1) is 10.6 Å². The lowest BCUT2D eigenvalue weighted by Crippen LogP contribution is -2.33. The molecule has 4 nitrogen and oxygen atoms in total. The SMILES string of the molecule is CCCC(C)N1CCCCCC1.CCNC.Cc1nc(-c2cccc(CC(C)C)c2)sc1C=O. The number of nitrogens with zero attached hydrogens (tertiary/aromatic N) is 2. The number of carbonyl (C=O) groups excluding carboxylic acids is 1. The summed E-state index contributed by atoms with van der Waals surface area (Å²) in [6, 6.07) is 9.26. The summed E-state index contributed by atoms with van der Waals surface area (Å²) < 4.78 is 0. The quantitative estimate of drug-likeness (QED) is 0.394. The van der Waals surface area contributed by atoms with Gasteiger partial charge >= 0.3 is 0 Å². The lowest BCUT2D eigenvalue weighted by atomic mass is 10.0. The fourth-order valence-electron chi connectivity index (χ4n) is 4.08. The Hall–Kier alpha value is -1.56. The van der Waals surface area contributed by atoms with Crippen LogP contribution in [0, 0.1) is 12.8 Å². The van der Waals surface area contributed by atoms with Crippen LogP contribution in [0.4, 0.5) is 0 Å². The van der Waals surface area contributed by atoms with E-state index in [4.69, 9.17) is 0 Å². The van der Waals surface area contributed by atoms with Crippen molar-refractivity contribution in [2.75, 3.05) is 26.7 Å². The number of carbonyl (C=O) groups is 1. The van der Waals surface area contributed by atoms with E-state index in [-0.39, 0.29) is 0 Å². The van der Waals surface area contributed by atoms with Gasteiger partial charge in [0.2, 0.25) is 0 Å². The van der Waals surface area contributed by atoms with E-state index < -0.39 is 0 Å². The minimum absolute atomic E-state index is 0.642. The largest absolute Gasteiger partial charge is 0.320 e. The average molecular weight is 488 g/mol. The summed E-state index contributed by atoms with van der Waals surface area (Å²) >= 11 is 1.46. The van der Waals surface area contributed by atoms with Gasteiger partial charge in [-0.2, -0.15) is 0 Å². The number of rotatable bonds is 8. The minimum atomic E-state index is 0.642. The van der Waals surface area contributed by atoms with Gasteiger partial charge in [0, 0.05) is 11.6 Å². The van der Waals surface area contributed by atoms with Gasteiger partial charge in [-0.25, -0.2) is 4.98 Å². The Bertz CT molecular complexity index is 792. The summed E-state index contributed by atoms with van der Waals surface area (Å²) in [5.74, 6) is 0.642. The highest BCUT2D eigenvalue weighted by atomic mass is 32.1. The highest BCUT2D eigenvalue weighted by Gasteiger charge is 2.14. The first-order valence-electron chi connectivity index (χ1n) is 13.3. The third-order valence-corrected chi connectivity index (χ3v) is 7.21. The Labute approximate surface area is 213 Å². The third-order valence-electron chi connectivity index (χ3n) is 6.08. The Morgan fingerprint density at radius 3 is 2.26 bits per heavy atom. The van der Waals surface area contributed by atoms with Crippen LogP contribution in [0.3, 0.4) is 0 Å². The van der Waals surface area contributed by atoms with Crippen LogP contribution in [0.2, 0.25) is 0 Å². The Morgan fingerprint density at radius 2 is 1.76 bits per heavy atom. The standard InChI is InChI=1S/C15H17NOS.C11H23N.C3H9N/c1-10(2)7-12-5-4-6-13(8-12)15-16-11(3)14(9-17)18-15;1-3-8-11(2)12-9-6-4-5-7-10-12;1-3-4-2/h4-6,8-10H,7H2,1-3H3;11H,3-10H2,1-2H3;4H,3H2,1-2H3. The lowest BCUT2D eigenvalue weighted by molar-refractivity contribution is 0.112. The van der Waals surface area contributed by atoms with E-state index in [9.17, 15) is 4.79 Å². The topological polar surface area (TPSA) is 45.2 Å². The molecule has 0 spiro atoms. The van der Waals surface area contributed by atoms with Crippen molar-refractivity contribution in [3.63, 3.8) is 0 Å². The van der Waals surface area contributed by atoms with Crippen LogP contribution in [0.5, 0.6) is 0 Å². The summed E-state index contributed by atoms with van der Waals surface area (Å²) in [5.41, 5.74) is 3.25. The molecule has 1 N–H and O–H groups in total. The van der Waals surface area contributed by atoms with Gasteiger partial charge in [-0.05, 0) is 83.8 Å². The molecule has 192 valence electrons. The second-order valence-electron chi connectivity index (χ2n) is 9.68. The molecule has 0 saturated carbocycles. The third kappa shape index (κ3) is 11.7. The maximum Gasteiger partial charge on any atom is 0.161 e. The number of hydrogen-bond donors (Lipinski definition) is 1. The van der Waals surface area contributed by atoms with Crippen LogP contribution in [-0.4, -0.2) is 48.9 Å². The van der Waals surface area contributed by atoms with Gasteiger partial charge in [-0.3, -0.25) is 4.79 Å². The molecule has 2 heterocycles. The Balaban J connectivity index is 0.000000312. The molecule has 2 aromatic rings. The molecule has 1 atom stereocenters. The van der Waals surface area contributed by atoms with E-state index in [2.05, 4.69) is 74.1 Å². The monoisotopic (exact) mass is 487 g/mol. The molecule has 1 fully saturated rings. The first-order valence-corrected chi connectivity index (χ1v) is 14.1. The van der Waals surface area contributed by atoms with Gasteiger partial charge in [-0.1, -0.05) is 65.2 Å². The van der Waals surface area contributed by atoms with Crippen molar-refractivity contribution in [3.8, 4) is 10.6 Å². The number of benzene rings is 1. The van der Waals surface area contributed by atoms with Crippen LogP contribution >= 0.6 is 11.3 Å². The number of aldehydes is 1. The Morgan fingerprint density at radius 1 is 1.12 bits per heavy atom. The molecule has 1 unspecified atom stereocenters. The smallest absolute Gasteiger partial charge is 0.161 e. The number of thiazole rings is 1. The van der Waals surface area contributed by atoms with Crippen LogP contribution in [0.1, 0.15) is 94.1 Å².